The first-order chi connectivity index (χ1) is 15.6. The molecule has 0 saturated heterocycles. The molecule has 1 aliphatic heterocycles. The third-order valence-corrected chi connectivity index (χ3v) is 5.32. The summed E-state index contributed by atoms with van der Waals surface area (Å²) in [4.78, 5) is 30.6. The topological polar surface area (TPSA) is 71.5 Å². The summed E-state index contributed by atoms with van der Waals surface area (Å²) < 4.78 is 44.0. The number of rotatable bonds is 4. The largest absolute Gasteiger partial charge is 0.489 e. The van der Waals surface area contributed by atoms with E-state index in [1.165, 1.54) is 31.3 Å². The Balaban J connectivity index is 1.63. The van der Waals surface area contributed by atoms with E-state index in [-0.39, 0.29) is 28.7 Å². The number of para-hydroxylation sites is 1. The second-order valence-corrected chi connectivity index (χ2v) is 7.68. The third-order valence-electron chi connectivity index (χ3n) is 5.05. The van der Waals surface area contributed by atoms with E-state index in [9.17, 15) is 22.8 Å². The zero-order chi connectivity index (χ0) is 23.8. The zero-order valence-corrected chi connectivity index (χ0v) is 18.0. The molecule has 3 aromatic rings. The number of nitrogens with zero attached hydrogens (tertiary/aromatic N) is 2. The number of halogens is 4. The highest BCUT2D eigenvalue weighted by molar-refractivity contribution is 6.33. The molecule has 33 heavy (non-hydrogen) atoms. The maximum Gasteiger partial charge on any atom is 0.416 e. The Morgan fingerprint density at radius 1 is 1.15 bits per heavy atom. The Morgan fingerprint density at radius 3 is 2.52 bits per heavy atom. The van der Waals surface area contributed by atoms with E-state index in [1.54, 1.807) is 23.1 Å². The average molecular weight is 476 g/mol. The molecule has 0 fully saturated rings. The van der Waals surface area contributed by atoms with Crippen molar-refractivity contribution in [3.05, 3.63) is 76.4 Å². The normalized spacial score (nSPS) is 13.2. The molecule has 10 heteroatoms. The number of nitrogens with one attached hydrogen (secondary N) is 1. The molecular formula is C23H17ClF3N3O3. The minimum absolute atomic E-state index is 0.166. The number of hydrogen-bond acceptors (Lipinski definition) is 5. The number of ketones is 1. The van der Waals surface area contributed by atoms with Crippen molar-refractivity contribution in [3.8, 4) is 5.75 Å². The van der Waals surface area contributed by atoms with Crippen molar-refractivity contribution < 1.29 is 27.5 Å². The van der Waals surface area contributed by atoms with E-state index in [1.807, 2.05) is 0 Å². The monoisotopic (exact) mass is 475 g/mol. The minimum atomic E-state index is -4.46. The summed E-state index contributed by atoms with van der Waals surface area (Å²) in [5, 5.41) is 2.86. The fourth-order valence-electron chi connectivity index (χ4n) is 3.41. The van der Waals surface area contributed by atoms with E-state index >= 15 is 0 Å². The lowest BCUT2D eigenvalue weighted by atomic mass is 10.1. The van der Waals surface area contributed by atoms with Crippen LogP contribution in [0, 0.1) is 0 Å². The van der Waals surface area contributed by atoms with Crippen molar-refractivity contribution in [1.82, 2.24) is 4.98 Å². The highest BCUT2D eigenvalue weighted by Crippen LogP contribution is 2.41. The first-order valence-corrected chi connectivity index (χ1v) is 10.2. The summed E-state index contributed by atoms with van der Waals surface area (Å²) in [5.41, 5.74) is 0.529. The molecule has 2 aromatic carbocycles. The molecule has 0 unspecified atom stereocenters. The Kier molecular flexibility index (Phi) is 5.99. The van der Waals surface area contributed by atoms with Gasteiger partial charge < -0.3 is 15.0 Å². The molecule has 1 aromatic heterocycles. The predicted molar refractivity (Wildman–Crippen MR) is 118 cm³/mol. The lowest BCUT2D eigenvalue weighted by molar-refractivity contribution is -0.137. The number of anilines is 3. The summed E-state index contributed by atoms with van der Waals surface area (Å²) in [6.45, 7) is 2.06. The van der Waals surface area contributed by atoms with Gasteiger partial charge in [0.1, 0.15) is 6.61 Å². The number of amides is 1. The van der Waals surface area contributed by atoms with Crippen LogP contribution in [0.3, 0.4) is 0 Å². The SMILES string of the molecule is CC(=O)c1cnc(N2CCOc3c(C(=O)Nc4ccc(C(F)(F)F)cc4)cccc32)c(Cl)c1. The maximum absolute atomic E-state index is 12.9. The van der Waals surface area contributed by atoms with Gasteiger partial charge in [-0.05, 0) is 49.4 Å². The van der Waals surface area contributed by atoms with Crippen molar-refractivity contribution in [3.63, 3.8) is 0 Å². The van der Waals surface area contributed by atoms with E-state index in [0.29, 0.717) is 29.4 Å². The second-order valence-electron chi connectivity index (χ2n) is 7.27. The molecule has 0 atom stereocenters. The van der Waals surface area contributed by atoms with Gasteiger partial charge in [-0.25, -0.2) is 4.98 Å². The van der Waals surface area contributed by atoms with Gasteiger partial charge in [-0.2, -0.15) is 13.2 Å². The average Bonchev–Trinajstić information content (AvgIpc) is 2.78. The first-order valence-electron chi connectivity index (χ1n) is 9.83. The van der Waals surface area contributed by atoms with E-state index in [2.05, 4.69) is 10.3 Å². The van der Waals surface area contributed by atoms with Crippen molar-refractivity contribution in [1.29, 1.82) is 0 Å². The van der Waals surface area contributed by atoms with Gasteiger partial charge in [-0.15, -0.1) is 0 Å². The zero-order valence-electron chi connectivity index (χ0n) is 17.2. The standard InChI is InChI=1S/C23H17ClF3N3O3/c1-13(31)14-11-18(24)21(28-12-14)30-9-10-33-20-17(3-2-4-19(20)30)22(32)29-16-7-5-15(6-8-16)23(25,26)27/h2-8,11-12H,9-10H2,1H3,(H,29,32). The van der Waals surface area contributed by atoms with Crippen LogP contribution in [0.2, 0.25) is 5.02 Å². The first kappa shape index (κ1) is 22.6. The molecule has 0 aliphatic carbocycles. The van der Waals surface area contributed by atoms with Crippen LogP contribution in [0.25, 0.3) is 0 Å². The quantitative estimate of drug-likeness (QED) is 0.487. The predicted octanol–water partition coefficient (Wildman–Crippen LogP) is 5.74. The number of ether oxygens (including phenoxy) is 1. The van der Waals surface area contributed by atoms with E-state index in [4.69, 9.17) is 16.3 Å². The molecular weight excluding hydrogens is 459 g/mol. The molecule has 1 aliphatic rings. The lowest BCUT2D eigenvalue weighted by Gasteiger charge is -2.32. The van der Waals surface area contributed by atoms with Gasteiger partial charge in [-0.3, -0.25) is 9.59 Å². The third kappa shape index (κ3) is 4.63. The highest BCUT2D eigenvalue weighted by atomic mass is 35.5. The van der Waals surface area contributed by atoms with Gasteiger partial charge in [0.15, 0.2) is 17.4 Å². The van der Waals surface area contributed by atoms with Crippen LogP contribution >= 0.6 is 11.6 Å². The van der Waals surface area contributed by atoms with Crippen molar-refractivity contribution in [2.45, 2.75) is 13.1 Å². The summed E-state index contributed by atoms with van der Waals surface area (Å²) >= 11 is 6.37. The minimum Gasteiger partial charge on any atom is -0.489 e. The Bertz CT molecular complexity index is 1230. The number of hydrogen-bond donors (Lipinski definition) is 1. The van der Waals surface area contributed by atoms with E-state index < -0.39 is 17.6 Å². The summed E-state index contributed by atoms with van der Waals surface area (Å²) in [7, 11) is 0. The Hall–Kier alpha value is -3.59. The van der Waals surface area contributed by atoms with Crippen molar-refractivity contribution in [2.75, 3.05) is 23.4 Å². The molecule has 170 valence electrons. The number of pyridine rings is 1. The van der Waals surface area contributed by atoms with Crippen LogP contribution in [0.1, 0.15) is 33.2 Å². The summed E-state index contributed by atoms with van der Waals surface area (Å²) in [6.07, 6.45) is -3.03. The van der Waals surface area contributed by atoms with Gasteiger partial charge in [0.05, 0.1) is 28.4 Å². The molecule has 0 bridgehead atoms. The van der Waals surface area contributed by atoms with Crippen molar-refractivity contribution in [2.24, 2.45) is 0 Å². The van der Waals surface area contributed by atoms with Gasteiger partial charge in [0.2, 0.25) is 0 Å². The molecule has 0 radical (unpaired) electrons. The summed E-state index contributed by atoms with van der Waals surface area (Å²) in [6, 6.07) is 10.6. The van der Waals surface area contributed by atoms with Crippen LogP contribution in [-0.2, 0) is 6.18 Å². The van der Waals surface area contributed by atoms with Gasteiger partial charge in [0.25, 0.3) is 5.91 Å². The molecule has 2 heterocycles. The fourth-order valence-corrected chi connectivity index (χ4v) is 3.68. The number of carbonyl (C=O) groups excluding carboxylic acids is 2. The second kappa shape index (κ2) is 8.74. The number of fused-ring (bicyclic) bond motifs is 1. The van der Waals surface area contributed by atoms with Crippen LogP contribution in [0.5, 0.6) is 5.75 Å². The molecule has 1 amide bonds. The van der Waals surface area contributed by atoms with Crippen LogP contribution < -0.4 is 15.0 Å². The summed E-state index contributed by atoms with van der Waals surface area (Å²) in [5.74, 6) is -0.00631. The van der Waals surface area contributed by atoms with Gasteiger partial charge in [-0.1, -0.05) is 17.7 Å². The highest BCUT2D eigenvalue weighted by Gasteiger charge is 2.30. The van der Waals surface area contributed by atoms with E-state index in [0.717, 1.165) is 12.1 Å². The molecule has 0 spiro atoms. The Labute approximate surface area is 191 Å². The number of aromatic nitrogens is 1. The smallest absolute Gasteiger partial charge is 0.416 e. The van der Waals surface area contributed by atoms with Gasteiger partial charge in [0, 0.05) is 17.4 Å². The fraction of sp³-hybridized carbons (Fsp3) is 0.174. The van der Waals surface area contributed by atoms with Crippen molar-refractivity contribution >= 4 is 40.5 Å². The number of alkyl halides is 3. The molecule has 4 rings (SSSR count). The molecule has 1 N–H and O–H groups in total. The van der Waals surface area contributed by atoms with Gasteiger partial charge >= 0.3 is 6.18 Å². The number of carbonyl (C=O) groups is 2. The maximum atomic E-state index is 12.9. The molecule has 0 saturated carbocycles. The lowest BCUT2D eigenvalue weighted by Crippen LogP contribution is -2.31. The number of benzene rings is 2. The number of Topliss-reactive ketones (excluding diaryl/α,β-unsaturated/α-hetero) is 1. The van der Waals surface area contributed by atoms with Crippen LogP contribution in [-0.4, -0.2) is 29.8 Å². The molecule has 6 nitrogen and oxygen atoms in total. The van der Waals surface area contributed by atoms with Crippen LogP contribution in [0.15, 0.2) is 54.7 Å². The van der Waals surface area contributed by atoms with Crippen LogP contribution in [0.4, 0.5) is 30.4 Å². The Morgan fingerprint density at radius 2 is 1.88 bits per heavy atom.